The first-order valence-corrected chi connectivity index (χ1v) is 12.4. The monoisotopic (exact) mass is 493 g/mol. The molecular formula is C25H24BrN3OS. The Hall–Kier alpha value is -2.57. The molecule has 1 amide bonds. The molecular weight excluding hydrogens is 470 g/mol. The third-order valence-electron chi connectivity index (χ3n) is 5.18. The van der Waals surface area contributed by atoms with Gasteiger partial charge in [-0.25, -0.2) is 4.98 Å². The van der Waals surface area contributed by atoms with Crippen LogP contribution in [0, 0.1) is 0 Å². The van der Waals surface area contributed by atoms with Gasteiger partial charge in [0.15, 0.2) is 0 Å². The van der Waals surface area contributed by atoms with Crippen molar-refractivity contribution in [2.45, 2.75) is 19.0 Å². The SMILES string of the molecule is CSCCC(NC(=O)c1cccc(Br)c1)c1nc2ccccc2n1Cc1ccccc1. The summed E-state index contributed by atoms with van der Waals surface area (Å²) in [6.07, 6.45) is 2.89. The summed E-state index contributed by atoms with van der Waals surface area (Å²) in [6.45, 7) is 0.708. The van der Waals surface area contributed by atoms with Crippen LogP contribution in [0.25, 0.3) is 11.0 Å². The molecule has 1 atom stereocenters. The number of hydrogen-bond acceptors (Lipinski definition) is 3. The van der Waals surface area contributed by atoms with Gasteiger partial charge < -0.3 is 9.88 Å². The molecule has 0 radical (unpaired) electrons. The van der Waals surface area contributed by atoms with Gasteiger partial charge in [-0.3, -0.25) is 4.79 Å². The second kappa shape index (κ2) is 10.2. The van der Waals surface area contributed by atoms with Gasteiger partial charge in [0.2, 0.25) is 0 Å². The number of imidazole rings is 1. The molecule has 0 aliphatic carbocycles. The largest absolute Gasteiger partial charge is 0.342 e. The molecule has 31 heavy (non-hydrogen) atoms. The van der Waals surface area contributed by atoms with Crippen molar-refractivity contribution >= 4 is 44.6 Å². The number of aromatic nitrogens is 2. The molecule has 4 aromatic rings. The van der Waals surface area contributed by atoms with Gasteiger partial charge in [-0.15, -0.1) is 0 Å². The summed E-state index contributed by atoms with van der Waals surface area (Å²) in [5.74, 6) is 1.73. The minimum Gasteiger partial charge on any atom is -0.342 e. The molecule has 0 saturated heterocycles. The van der Waals surface area contributed by atoms with Gasteiger partial charge >= 0.3 is 0 Å². The minimum absolute atomic E-state index is 0.0919. The van der Waals surface area contributed by atoms with Crippen molar-refractivity contribution in [2.75, 3.05) is 12.0 Å². The van der Waals surface area contributed by atoms with E-state index in [-0.39, 0.29) is 11.9 Å². The van der Waals surface area contributed by atoms with E-state index in [4.69, 9.17) is 4.98 Å². The van der Waals surface area contributed by atoms with Crippen molar-refractivity contribution in [1.29, 1.82) is 0 Å². The smallest absolute Gasteiger partial charge is 0.251 e. The van der Waals surface area contributed by atoms with Crippen LogP contribution in [0.5, 0.6) is 0 Å². The van der Waals surface area contributed by atoms with Crippen LogP contribution in [0.3, 0.4) is 0 Å². The van der Waals surface area contributed by atoms with Crippen LogP contribution < -0.4 is 5.32 Å². The maximum Gasteiger partial charge on any atom is 0.251 e. The highest BCUT2D eigenvalue weighted by Crippen LogP contribution is 2.26. The van der Waals surface area contributed by atoms with Crippen LogP contribution in [0.1, 0.15) is 34.2 Å². The van der Waals surface area contributed by atoms with Crippen LogP contribution in [-0.2, 0) is 6.54 Å². The van der Waals surface area contributed by atoms with E-state index in [0.29, 0.717) is 12.1 Å². The van der Waals surface area contributed by atoms with Gasteiger partial charge in [-0.05, 0) is 54.3 Å². The van der Waals surface area contributed by atoms with Gasteiger partial charge in [0, 0.05) is 16.6 Å². The van der Waals surface area contributed by atoms with Gasteiger partial charge in [-0.2, -0.15) is 11.8 Å². The summed E-state index contributed by atoms with van der Waals surface area (Å²) in [7, 11) is 0. The van der Waals surface area contributed by atoms with Crippen LogP contribution >= 0.6 is 27.7 Å². The number of nitrogens with zero attached hydrogens (tertiary/aromatic N) is 2. The number of halogens is 1. The summed E-state index contributed by atoms with van der Waals surface area (Å²) >= 11 is 5.23. The van der Waals surface area contributed by atoms with Crippen LogP contribution in [0.4, 0.5) is 0 Å². The van der Waals surface area contributed by atoms with Gasteiger partial charge in [0.05, 0.1) is 17.1 Å². The second-order valence-corrected chi connectivity index (χ2v) is 9.25. The molecule has 0 spiro atoms. The molecule has 1 aromatic heterocycles. The number of amides is 1. The topological polar surface area (TPSA) is 46.9 Å². The summed E-state index contributed by atoms with van der Waals surface area (Å²) in [5.41, 5.74) is 3.86. The lowest BCUT2D eigenvalue weighted by atomic mass is 10.1. The molecule has 1 N–H and O–H groups in total. The van der Waals surface area contributed by atoms with Crippen molar-refractivity contribution in [3.05, 3.63) is 100 Å². The zero-order valence-corrected chi connectivity index (χ0v) is 19.7. The van der Waals surface area contributed by atoms with Gasteiger partial charge in [0.1, 0.15) is 5.82 Å². The van der Waals surface area contributed by atoms with Crippen molar-refractivity contribution in [3.63, 3.8) is 0 Å². The molecule has 158 valence electrons. The molecule has 4 rings (SSSR count). The summed E-state index contributed by atoms with van der Waals surface area (Å²) in [4.78, 5) is 18.0. The van der Waals surface area contributed by atoms with Crippen LogP contribution in [0.15, 0.2) is 83.3 Å². The third-order valence-corrected chi connectivity index (χ3v) is 6.32. The normalized spacial score (nSPS) is 12.1. The molecule has 6 heteroatoms. The highest BCUT2D eigenvalue weighted by atomic mass is 79.9. The minimum atomic E-state index is -0.185. The standard InChI is InChI=1S/C25H24BrN3OS/c1-31-15-14-22(28-25(30)19-10-7-11-20(26)16-19)24-27-21-12-5-6-13-23(21)29(24)17-18-8-3-2-4-9-18/h2-13,16,22H,14-15,17H2,1H3,(H,28,30). The molecule has 1 heterocycles. The van der Waals surface area contributed by atoms with Crippen LogP contribution in [-0.4, -0.2) is 27.5 Å². The van der Waals surface area contributed by atoms with E-state index in [1.54, 1.807) is 11.8 Å². The van der Waals surface area contributed by atoms with Crippen molar-refractivity contribution < 1.29 is 4.79 Å². The average Bonchev–Trinajstić information content (AvgIpc) is 3.15. The summed E-state index contributed by atoms with van der Waals surface area (Å²) in [6, 6.07) is 25.8. The maximum absolute atomic E-state index is 13.1. The van der Waals surface area contributed by atoms with Crippen molar-refractivity contribution in [1.82, 2.24) is 14.9 Å². The Labute approximate surface area is 195 Å². The number of carbonyl (C=O) groups is 1. The Morgan fingerprint density at radius 3 is 2.61 bits per heavy atom. The van der Waals surface area contributed by atoms with Crippen molar-refractivity contribution in [2.24, 2.45) is 0 Å². The number of para-hydroxylation sites is 2. The van der Waals surface area contributed by atoms with E-state index in [0.717, 1.165) is 33.5 Å². The number of nitrogens with one attached hydrogen (secondary N) is 1. The maximum atomic E-state index is 13.1. The van der Waals surface area contributed by atoms with E-state index in [1.165, 1.54) is 5.56 Å². The first-order chi connectivity index (χ1) is 15.2. The Morgan fingerprint density at radius 2 is 1.84 bits per heavy atom. The molecule has 0 saturated carbocycles. The number of carbonyl (C=O) groups excluding carboxylic acids is 1. The molecule has 0 bridgehead atoms. The second-order valence-electron chi connectivity index (χ2n) is 7.35. The first kappa shape index (κ1) is 21.7. The van der Waals surface area contributed by atoms with Gasteiger partial charge in [-0.1, -0.05) is 64.5 Å². The molecule has 0 aliphatic heterocycles. The highest BCUT2D eigenvalue weighted by molar-refractivity contribution is 9.10. The molecule has 0 fully saturated rings. The van der Waals surface area contributed by atoms with Crippen LogP contribution in [0.2, 0.25) is 0 Å². The van der Waals surface area contributed by atoms with E-state index < -0.39 is 0 Å². The fourth-order valence-corrected chi connectivity index (χ4v) is 4.54. The highest BCUT2D eigenvalue weighted by Gasteiger charge is 2.23. The third kappa shape index (κ3) is 5.20. The number of rotatable bonds is 8. The number of fused-ring (bicyclic) bond motifs is 1. The number of benzene rings is 3. The fraction of sp³-hybridized carbons (Fsp3) is 0.200. The molecule has 0 aliphatic rings. The van der Waals surface area contributed by atoms with E-state index in [9.17, 15) is 4.79 Å². The predicted molar refractivity (Wildman–Crippen MR) is 133 cm³/mol. The Bertz CT molecular complexity index is 1180. The quantitative estimate of drug-likeness (QED) is 0.323. The van der Waals surface area contributed by atoms with Crippen molar-refractivity contribution in [3.8, 4) is 0 Å². The van der Waals surface area contributed by atoms with E-state index >= 15 is 0 Å². The van der Waals surface area contributed by atoms with Gasteiger partial charge in [0.25, 0.3) is 5.91 Å². The number of thioether (sulfide) groups is 1. The Balaban J connectivity index is 1.72. The zero-order valence-electron chi connectivity index (χ0n) is 17.3. The lowest BCUT2D eigenvalue weighted by Crippen LogP contribution is -2.31. The molecule has 3 aromatic carbocycles. The molecule has 4 nitrogen and oxygen atoms in total. The number of hydrogen-bond donors (Lipinski definition) is 1. The summed E-state index contributed by atoms with van der Waals surface area (Å²) < 4.78 is 3.12. The Kier molecular flexibility index (Phi) is 7.10. The lowest BCUT2D eigenvalue weighted by Gasteiger charge is -2.20. The zero-order chi connectivity index (χ0) is 21.6. The summed E-state index contributed by atoms with van der Waals surface area (Å²) in [5, 5.41) is 3.24. The fourth-order valence-electron chi connectivity index (χ4n) is 3.67. The van der Waals surface area contributed by atoms with E-state index in [1.807, 2.05) is 60.7 Å². The first-order valence-electron chi connectivity index (χ1n) is 10.2. The predicted octanol–water partition coefficient (Wildman–Crippen LogP) is 6.07. The Morgan fingerprint density at radius 1 is 1.06 bits per heavy atom. The molecule has 1 unspecified atom stereocenters. The average molecular weight is 494 g/mol. The lowest BCUT2D eigenvalue weighted by molar-refractivity contribution is 0.0933. The van der Waals surface area contributed by atoms with E-state index in [2.05, 4.69) is 50.3 Å².